The van der Waals surface area contributed by atoms with E-state index in [0.717, 1.165) is 0 Å². The lowest BCUT2D eigenvalue weighted by Crippen LogP contribution is -2.41. The molecule has 27 heavy (non-hydrogen) atoms. The molecule has 2 aromatic carbocycles. The number of ether oxygens (including phenoxy) is 4. The van der Waals surface area contributed by atoms with Gasteiger partial charge in [0.25, 0.3) is 11.8 Å². The topological polar surface area (TPSA) is 95.1 Å². The smallest absolute Gasteiger partial charge is 0.269 e. The van der Waals surface area contributed by atoms with Crippen LogP contribution in [-0.2, 0) is 0 Å². The predicted octanol–water partition coefficient (Wildman–Crippen LogP) is 2.66. The number of carbonyl (C=O) groups excluding carboxylic acids is 2. The Morgan fingerprint density at radius 1 is 1.07 bits per heavy atom. The fraction of sp³-hybridized carbons (Fsp3) is 0.222. The molecule has 0 radical (unpaired) electrons. The first-order valence-corrected chi connectivity index (χ1v) is 8.83. The number of hydrogen-bond acceptors (Lipinski definition) is 6. The minimum Gasteiger partial charge on any atom is -0.492 e. The Hall–Kier alpha value is -2.94. The van der Waals surface area contributed by atoms with Crippen molar-refractivity contribution in [1.82, 2.24) is 10.9 Å². The standard InChI is InChI=1S/C18H17BrN2O6/c1-3-25-15-8-11(6-12(19)16(15)24-2)18(23)21-20-17(22)10-4-5-13-14(7-10)27-9-26-13/h4-8H,3,9H2,1-2H3,(H,20,22)(H,21,23). The molecule has 0 aliphatic carbocycles. The Morgan fingerprint density at radius 3 is 2.48 bits per heavy atom. The van der Waals surface area contributed by atoms with Gasteiger partial charge in [0.1, 0.15) is 0 Å². The molecule has 9 heteroatoms. The summed E-state index contributed by atoms with van der Waals surface area (Å²) in [5.41, 5.74) is 5.35. The molecule has 2 amide bonds. The van der Waals surface area contributed by atoms with Gasteiger partial charge in [-0.05, 0) is 53.2 Å². The number of benzene rings is 2. The van der Waals surface area contributed by atoms with Crippen molar-refractivity contribution >= 4 is 27.7 Å². The van der Waals surface area contributed by atoms with Gasteiger partial charge in [-0.1, -0.05) is 0 Å². The first-order chi connectivity index (χ1) is 13.0. The number of carbonyl (C=O) groups is 2. The maximum atomic E-state index is 12.4. The second-order valence-corrected chi connectivity index (χ2v) is 6.25. The number of amides is 2. The van der Waals surface area contributed by atoms with Crippen molar-refractivity contribution in [2.45, 2.75) is 6.92 Å². The quantitative estimate of drug-likeness (QED) is 0.699. The third kappa shape index (κ3) is 4.08. The Labute approximate surface area is 163 Å². The molecule has 1 aliphatic rings. The summed E-state index contributed by atoms with van der Waals surface area (Å²) < 4.78 is 21.7. The highest BCUT2D eigenvalue weighted by Crippen LogP contribution is 2.36. The van der Waals surface area contributed by atoms with E-state index in [4.69, 9.17) is 18.9 Å². The Morgan fingerprint density at radius 2 is 1.78 bits per heavy atom. The molecule has 0 fully saturated rings. The minimum absolute atomic E-state index is 0.117. The van der Waals surface area contributed by atoms with Gasteiger partial charge in [0.05, 0.1) is 18.2 Å². The van der Waals surface area contributed by atoms with E-state index in [1.807, 2.05) is 6.92 Å². The van der Waals surface area contributed by atoms with Gasteiger partial charge in [0.15, 0.2) is 23.0 Å². The van der Waals surface area contributed by atoms with Gasteiger partial charge in [0.2, 0.25) is 6.79 Å². The lowest BCUT2D eigenvalue weighted by Gasteiger charge is -2.13. The molecule has 0 spiro atoms. The van der Waals surface area contributed by atoms with Crippen LogP contribution in [0, 0.1) is 0 Å². The highest BCUT2D eigenvalue weighted by Gasteiger charge is 2.18. The molecule has 2 N–H and O–H groups in total. The fourth-order valence-corrected chi connectivity index (χ4v) is 3.06. The highest BCUT2D eigenvalue weighted by atomic mass is 79.9. The maximum absolute atomic E-state index is 12.4. The van der Waals surface area contributed by atoms with Crippen molar-refractivity contribution in [2.24, 2.45) is 0 Å². The van der Waals surface area contributed by atoms with Crippen LogP contribution in [0.3, 0.4) is 0 Å². The largest absolute Gasteiger partial charge is 0.492 e. The first-order valence-electron chi connectivity index (χ1n) is 8.04. The van der Waals surface area contributed by atoms with E-state index >= 15 is 0 Å². The predicted molar refractivity (Wildman–Crippen MR) is 99.4 cm³/mol. The molecule has 1 heterocycles. The number of nitrogens with one attached hydrogen (secondary N) is 2. The first kappa shape index (κ1) is 18.8. The highest BCUT2D eigenvalue weighted by molar-refractivity contribution is 9.10. The van der Waals surface area contributed by atoms with Crippen LogP contribution < -0.4 is 29.8 Å². The zero-order chi connectivity index (χ0) is 19.4. The van der Waals surface area contributed by atoms with Crippen LogP contribution in [0.5, 0.6) is 23.0 Å². The number of halogens is 1. The van der Waals surface area contributed by atoms with Crippen molar-refractivity contribution in [3.8, 4) is 23.0 Å². The monoisotopic (exact) mass is 436 g/mol. The second kappa shape index (κ2) is 8.17. The molecular formula is C18H17BrN2O6. The Kier molecular flexibility index (Phi) is 5.70. The van der Waals surface area contributed by atoms with Crippen LogP contribution in [0.2, 0.25) is 0 Å². The lowest BCUT2D eigenvalue weighted by molar-refractivity contribution is 0.0846. The average molecular weight is 437 g/mol. The molecule has 0 unspecified atom stereocenters. The van der Waals surface area contributed by atoms with E-state index in [1.54, 1.807) is 24.3 Å². The molecule has 1 aliphatic heterocycles. The fourth-order valence-electron chi connectivity index (χ4n) is 2.46. The molecule has 8 nitrogen and oxygen atoms in total. The minimum atomic E-state index is -0.506. The summed E-state index contributed by atoms with van der Waals surface area (Å²) in [6.45, 7) is 2.35. The summed E-state index contributed by atoms with van der Waals surface area (Å²) in [5.74, 6) is 0.962. The van der Waals surface area contributed by atoms with Crippen LogP contribution in [0.4, 0.5) is 0 Å². The van der Waals surface area contributed by atoms with E-state index in [0.29, 0.717) is 39.6 Å². The van der Waals surface area contributed by atoms with Gasteiger partial charge in [-0.3, -0.25) is 20.4 Å². The molecule has 142 valence electrons. The van der Waals surface area contributed by atoms with Gasteiger partial charge >= 0.3 is 0 Å². The summed E-state index contributed by atoms with van der Waals surface area (Å²) in [4.78, 5) is 24.6. The van der Waals surface area contributed by atoms with Gasteiger partial charge in [-0.15, -0.1) is 0 Å². The number of hydrogen-bond donors (Lipinski definition) is 2. The van der Waals surface area contributed by atoms with Crippen molar-refractivity contribution in [3.05, 3.63) is 45.9 Å². The Bertz CT molecular complexity index is 886. The lowest BCUT2D eigenvalue weighted by atomic mass is 10.2. The summed E-state index contributed by atoms with van der Waals surface area (Å²) in [7, 11) is 1.51. The summed E-state index contributed by atoms with van der Waals surface area (Å²) in [6.07, 6.45) is 0. The van der Waals surface area contributed by atoms with Gasteiger partial charge in [0, 0.05) is 11.1 Å². The molecule has 0 bridgehead atoms. The summed E-state index contributed by atoms with van der Waals surface area (Å²) in [5, 5.41) is 0. The molecule has 0 atom stereocenters. The van der Waals surface area contributed by atoms with Crippen molar-refractivity contribution in [2.75, 3.05) is 20.5 Å². The van der Waals surface area contributed by atoms with Gasteiger partial charge in [-0.2, -0.15) is 0 Å². The van der Waals surface area contributed by atoms with Crippen LogP contribution >= 0.6 is 15.9 Å². The van der Waals surface area contributed by atoms with Crippen LogP contribution in [0.1, 0.15) is 27.6 Å². The summed E-state index contributed by atoms with van der Waals surface area (Å²) in [6, 6.07) is 7.86. The Balaban J connectivity index is 1.69. The SMILES string of the molecule is CCOc1cc(C(=O)NNC(=O)c2ccc3c(c2)OCO3)cc(Br)c1OC. The average Bonchev–Trinajstić information content (AvgIpc) is 3.13. The van der Waals surface area contributed by atoms with Crippen molar-refractivity contribution in [3.63, 3.8) is 0 Å². The second-order valence-electron chi connectivity index (χ2n) is 5.40. The van der Waals surface area contributed by atoms with Gasteiger partial charge in [-0.25, -0.2) is 0 Å². The third-order valence-corrected chi connectivity index (χ3v) is 4.29. The maximum Gasteiger partial charge on any atom is 0.269 e. The third-order valence-electron chi connectivity index (χ3n) is 3.70. The number of rotatable bonds is 5. The van der Waals surface area contributed by atoms with E-state index < -0.39 is 11.8 Å². The van der Waals surface area contributed by atoms with Crippen LogP contribution in [-0.4, -0.2) is 32.3 Å². The number of hydrazine groups is 1. The zero-order valence-corrected chi connectivity index (χ0v) is 16.2. The molecule has 0 saturated heterocycles. The number of methoxy groups -OCH3 is 1. The van der Waals surface area contributed by atoms with Crippen LogP contribution in [0.15, 0.2) is 34.8 Å². The van der Waals surface area contributed by atoms with E-state index in [-0.39, 0.29) is 12.4 Å². The molecule has 3 rings (SSSR count). The molecule has 0 saturated carbocycles. The number of fused-ring (bicyclic) bond motifs is 1. The normalized spacial score (nSPS) is 11.7. The van der Waals surface area contributed by atoms with E-state index in [1.165, 1.54) is 13.2 Å². The van der Waals surface area contributed by atoms with E-state index in [2.05, 4.69) is 26.8 Å². The summed E-state index contributed by atoms with van der Waals surface area (Å²) >= 11 is 3.34. The molecule has 0 aromatic heterocycles. The van der Waals surface area contributed by atoms with E-state index in [9.17, 15) is 9.59 Å². The van der Waals surface area contributed by atoms with Crippen molar-refractivity contribution in [1.29, 1.82) is 0 Å². The zero-order valence-electron chi connectivity index (χ0n) is 14.6. The van der Waals surface area contributed by atoms with Crippen LogP contribution in [0.25, 0.3) is 0 Å². The molecular weight excluding hydrogens is 420 g/mol. The van der Waals surface area contributed by atoms with Crippen molar-refractivity contribution < 1.29 is 28.5 Å². The van der Waals surface area contributed by atoms with Gasteiger partial charge < -0.3 is 18.9 Å². The molecule has 2 aromatic rings.